The van der Waals surface area contributed by atoms with Gasteiger partial charge < -0.3 is 0 Å². The van der Waals surface area contributed by atoms with E-state index >= 15 is 0 Å². The summed E-state index contributed by atoms with van der Waals surface area (Å²) in [6.07, 6.45) is 6.52. The van der Waals surface area contributed by atoms with Gasteiger partial charge in [-0.25, -0.2) is 0 Å². The van der Waals surface area contributed by atoms with E-state index in [1.54, 1.807) is 18.2 Å². The topological polar surface area (TPSA) is 34.1 Å². The number of carbonyl (C=O) groups excluding carboxylic acids is 2. The van der Waals surface area contributed by atoms with Gasteiger partial charge in [-0.05, 0) is 17.2 Å². The van der Waals surface area contributed by atoms with Crippen molar-refractivity contribution in [2.24, 2.45) is 0 Å². The normalized spacial score (nSPS) is 9.40. The summed E-state index contributed by atoms with van der Waals surface area (Å²) >= 11 is 0. The van der Waals surface area contributed by atoms with Crippen LogP contribution in [0.15, 0.2) is 67.3 Å². The SMILES string of the molecule is C=Cc1ccccc1C=O.O=CC=Cc1ccccc1. The number of benzene rings is 2. The number of rotatable bonds is 4. The van der Waals surface area contributed by atoms with Gasteiger partial charge in [-0.15, -0.1) is 0 Å². The lowest BCUT2D eigenvalue weighted by Crippen LogP contribution is -1.82. The summed E-state index contributed by atoms with van der Waals surface area (Å²) in [5.41, 5.74) is 2.63. The van der Waals surface area contributed by atoms with E-state index in [4.69, 9.17) is 0 Å². The monoisotopic (exact) mass is 264 g/mol. The van der Waals surface area contributed by atoms with Crippen molar-refractivity contribution >= 4 is 24.7 Å². The summed E-state index contributed by atoms with van der Waals surface area (Å²) in [6.45, 7) is 3.58. The first-order valence-corrected chi connectivity index (χ1v) is 6.15. The molecular weight excluding hydrogens is 248 g/mol. The summed E-state index contributed by atoms with van der Waals surface area (Å²) in [5.74, 6) is 0. The third-order valence-electron chi connectivity index (χ3n) is 2.51. The Morgan fingerprint density at radius 3 is 1.90 bits per heavy atom. The van der Waals surface area contributed by atoms with Crippen molar-refractivity contribution in [1.82, 2.24) is 0 Å². The fourth-order valence-electron chi connectivity index (χ4n) is 1.52. The lowest BCUT2D eigenvalue weighted by molar-refractivity contribution is -0.104. The average Bonchev–Trinajstić information content (AvgIpc) is 2.54. The molecule has 0 radical (unpaired) electrons. The molecule has 0 atom stereocenters. The molecule has 0 heterocycles. The summed E-state index contributed by atoms with van der Waals surface area (Å²) in [6, 6.07) is 17.0. The maximum absolute atomic E-state index is 10.3. The van der Waals surface area contributed by atoms with Crippen LogP contribution in [0.1, 0.15) is 21.5 Å². The Morgan fingerprint density at radius 1 is 0.800 bits per heavy atom. The molecule has 0 bridgehead atoms. The van der Waals surface area contributed by atoms with Gasteiger partial charge in [-0.2, -0.15) is 0 Å². The van der Waals surface area contributed by atoms with Gasteiger partial charge in [0.15, 0.2) is 6.29 Å². The predicted octanol–water partition coefficient (Wildman–Crippen LogP) is 4.04. The molecule has 0 N–H and O–H groups in total. The van der Waals surface area contributed by atoms with Gasteiger partial charge in [0.25, 0.3) is 0 Å². The predicted molar refractivity (Wildman–Crippen MR) is 83.5 cm³/mol. The number of aldehydes is 2. The lowest BCUT2D eigenvalue weighted by atomic mass is 10.1. The van der Waals surface area contributed by atoms with Gasteiger partial charge in [0.05, 0.1) is 0 Å². The quantitative estimate of drug-likeness (QED) is 0.617. The maximum atomic E-state index is 10.3. The van der Waals surface area contributed by atoms with Crippen molar-refractivity contribution in [1.29, 1.82) is 0 Å². The fourth-order valence-corrected chi connectivity index (χ4v) is 1.52. The van der Waals surface area contributed by atoms with Gasteiger partial charge in [0.1, 0.15) is 6.29 Å². The largest absolute Gasteiger partial charge is 0.299 e. The second-order valence-electron chi connectivity index (χ2n) is 3.86. The van der Waals surface area contributed by atoms with E-state index in [1.807, 2.05) is 48.5 Å². The van der Waals surface area contributed by atoms with Crippen molar-refractivity contribution in [3.63, 3.8) is 0 Å². The highest BCUT2D eigenvalue weighted by molar-refractivity contribution is 5.81. The first-order valence-electron chi connectivity index (χ1n) is 6.15. The van der Waals surface area contributed by atoms with Crippen LogP contribution in [0.2, 0.25) is 0 Å². The zero-order chi connectivity index (χ0) is 14.6. The van der Waals surface area contributed by atoms with Gasteiger partial charge in [-0.3, -0.25) is 9.59 Å². The van der Waals surface area contributed by atoms with Crippen molar-refractivity contribution in [3.05, 3.63) is 83.9 Å². The fraction of sp³-hybridized carbons (Fsp3) is 0. The zero-order valence-corrected chi connectivity index (χ0v) is 11.1. The molecule has 20 heavy (non-hydrogen) atoms. The Kier molecular flexibility index (Phi) is 7.07. The molecular formula is C18H16O2. The molecule has 2 rings (SSSR count). The molecule has 2 nitrogen and oxygen atoms in total. The van der Waals surface area contributed by atoms with Gasteiger partial charge in [0.2, 0.25) is 0 Å². The molecule has 100 valence electrons. The Labute approximate surface area is 119 Å². The van der Waals surface area contributed by atoms with Crippen LogP contribution in [0, 0.1) is 0 Å². The van der Waals surface area contributed by atoms with Gasteiger partial charge in [0, 0.05) is 5.56 Å². The molecule has 0 amide bonds. The number of hydrogen-bond acceptors (Lipinski definition) is 2. The van der Waals surface area contributed by atoms with Crippen molar-refractivity contribution in [2.75, 3.05) is 0 Å². The molecule has 2 aromatic carbocycles. The number of hydrogen-bond donors (Lipinski definition) is 0. The molecule has 0 aliphatic carbocycles. The van der Waals surface area contributed by atoms with Gasteiger partial charge in [-0.1, -0.05) is 73.3 Å². The molecule has 2 heteroatoms. The van der Waals surface area contributed by atoms with E-state index in [0.29, 0.717) is 5.56 Å². The van der Waals surface area contributed by atoms with Crippen LogP contribution in [0.3, 0.4) is 0 Å². The van der Waals surface area contributed by atoms with Crippen molar-refractivity contribution in [3.8, 4) is 0 Å². The minimum Gasteiger partial charge on any atom is -0.299 e. The van der Waals surface area contributed by atoms with Crippen LogP contribution in [0.4, 0.5) is 0 Å². The second-order valence-corrected chi connectivity index (χ2v) is 3.86. The first kappa shape index (κ1) is 15.3. The third kappa shape index (κ3) is 5.27. The summed E-state index contributed by atoms with van der Waals surface area (Å²) in [7, 11) is 0. The zero-order valence-electron chi connectivity index (χ0n) is 11.1. The molecule has 0 aliphatic heterocycles. The Balaban J connectivity index is 0.000000200. The summed E-state index contributed by atoms with van der Waals surface area (Å²) in [5, 5.41) is 0. The molecule has 0 spiro atoms. The van der Waals surface area contributed by atoms with Crippen molar-refractivity contribution < 1.29 is 9.59 Å². The van der Waals surface area contributed by atoms with Crippen LogP contribution < -0.4 is 0 Å². The van der Waals surface area contributed by atoms with Crippen molar-refractivity contribution in [2.45, 2.75) is 0 Å². The maximum Gasteiger partial charge on any atom is 0.150 e. The highest BCUT2D eigenvalue weighted by atomic mass is 16.1. The van der Waals surface area contributed by atoms with E-state index < -0.39 is 0 Å². The van der Waals surface area contributed by atoms with E-state index in [1.165, 1.54) is 6.08 Å². The van der Waals surface area contributed by atoms with E-state index in [-0.39, 0.29) is 0 Å². The first-order chi connectivity index (χ1) is 9.81. The highest BCUT2D eigenvalue weighted by Gasteiger charge is 1.92. The summed E-state index contributed by atoms with van der Waals surface area (Å²) < 4.78 is 0. The minimum absolute atomic E-state index is 0.692. The number of carbonyl (C=O) groups is 2. The number of allylic oxidation sites excluding steroid dienone is 1. The van der Waals surface area contributed by atoms with Gasteiger partial charge >= 0.3 is 0 Å². The van der Waals surface area contributed by atoms with E-state index in [9.17, 15) is 9.59 Å². The van der Waals surface area contributed by atoms with E-state index in [0.717, 1.165) is 23.7 Å². The molecule has 0 saturated carbocycles. The Hall–Kier alpha value is -2.74. The Bertz CT molecular complexity index is 556. The molecule has 0 fully saturated rings. The molecule has 0 aliphatic rings. The standard InChI is InChI=1S/2C9H8O/c1-2-8-5-3-4-6-9(8)7-10;10-8-4-7-9-5-2-1-3-6-9/h2-7H,1H2;1-8H. The second kappa shape index (κ2) is 9.22. The molecule has 0 aromatic heterocycles. The molecule has 0 unspecified atom stereocenters. The van der Waals surface area contributed by atoms with Crippen LogP contribution in [0.5, 0.6) is 0 Å². The van der Waals surface area contributed by atoms with Crippen LogP contribution in [0.25, 0.3) is 12.2 Å². The molecule has 2 aromatic rings. The minimum atomic E-state index is 0.692. The van der Waals surface area contributed by atoms with E-state index in [2.05, 4.69) is 6.58 Å². The third-order valence-corrected chi connectivity index (χ3v) is 2.51. The summed E-state index contributed by atoms with van der Waals surface area (Å²) in [4.78, 5) is 20.2. The van der Waals surface area contributed by atoms with Crippen LogP contribution in [-0.4, -0.2) is 12.6 Å². The Morgan fingerprint density at radius 2 is 1.40 bits per heavy atom. The lowest BCUT2D eigenvalue weighted by Gasteiger charge is -1.94. The highest BCUT2D eigenvalue weighted by Crippen LogP contribution is 2.06. The van der Waals surface area contributed by atoms with Crippen LogP contribution >= 0.6 is 0 Å². The van der Waals surface area contributed by atoms with Crippen LogP contribution in [-0.2, 0) is 4.79 Å². The molecule has 0 saturated heterocycles. The average molecular weight is 264 g/mol. The smallest absolute Gasteiger partial charge is 0.150 e.